The van der Waals surface area contributed by atoms with E-state index in [1.165, 1.54) is 66.1 Å². The van der Waals surface area contributed by atoms with Crippen LogP contribution in [0.4, 0.5) is 0 Å². The normalized spacial score (nSPS) is 10.9. The molecule has 0 N–H and O–H groups in total. The van der Waals surface area contributed by atoms with Crippen LogP contribution in [0.2, 0.25) is 13.1 Å². The molecule has 4 heteroatoms. The van der Waals surface area contributed by atoms with Gasteiger partial charge in [-0.15, -0.1) is 69.1 Å². The summed E-state index contributed by atoms with van der Waals surface area (Å²) in [7, 11) is 11.0. The van der Waals surface area contributed by atoms with Gasteiger partial charge in [0.15, 0.2) is 0 Å². The second-order valence-corrected chi connectivity index (χ2v) is 19.3. The van der Waals surface area contributed by atoms with Crippen LogP contribution < -0.4 is 0 Å². The third kappa shape index (κ3) is 11.9. The van der Waals surface area contributed by atoms with Crippen LogP contribution in [0.25, 0.3) is 43.8 Å². The van der Waals surface area contributed by atoms with Gasteiger partial charge in [0, 0.05) is 9.52 Å². The predicted octanol–water partition coefficient (Wildman–Crippen LogP) is 15.3. The summed E-state index contributed by atoms with van der Waals surface area (Å²) in [6.45, 7) is 22.6. The molecule has 0 aromatic heterocycles. The zero-order valence-corrected chi connectivity index (χ0v) is 36.8. The van der Waals surface area contributed by atoms with E-state index >= 15 is 0 Å². The Hall–Kier alpha value is -2.22. The van der Waals surface area contributed by atoms with Crippen LogP contribution in [-0.2, 0) is 33.7 Å². The van der Waals surface area contributed by atoms with E-state index in [2.05, 4.69) is 178 Å². The first-order valence-corrected chi connectivity index (χ1v) is 26.4. The monoisotopic (exact) mass is 796 g/mol. The number of fused-ring (bicyclic) bond motifs is 2. The van der Waals surface area contributed by atoms with Gasteiger partial charge in [-0.1, -0.05) is 151 Å². The molecular weight excluding hydrogens is 743 g/mol. The van der Waals surface area contributed by atoms with Gasteiger partial charge in [0.2, 0.25) is 0 Å². The molecule has 0 saturated heterocycles. The molecule has 0 atom stereocenters. The molecule has 6 aromatic carbocycles. The van der Waals surface area contributed by atoms with Crippen molar-refractivity contribution in [1.29, 1.82) is 0 Å². The van der Waals surface area contributed by atoms with E-state index in [0.717, 1.165) is 22.4 Å². The summed E-state index contributed by atoms with van der Waals surface area (Å²) < 4.78 is 0. The maximum atomic E-state index is 4.93. The summed E-state index contributed by atoms with van der Waals surface area (Å²) >= 11 is -0.826. The molecule has 0 saturated carbocycles. The summed E-state index contributed by atoms with van der Waals surface area (Å²) in [4.78, 5) is 0. The molecular formula is C46H56Cl2SiZr. The standard InChI is InChI=1S/2C22H25.C2H6Si.2ClH.Zr/c2*1-15(2)12-17-13-19-10-11-20(16(3)4)22(21(19)14-17)18-8-6-5-7-9-18;1-3-2;;;/h2*5-11,13-16H,12H2,1-4H3;1-2H3;2*1H;/q2*-1;;;;+4/p-2. The number of benzene rings is 4. The summed E-state index contributed by atoms with van der Waals surface area (Å²) in [5.74, 6) is 2.45. The molecule has 0 bridgehead atoms. The Kier molecular flexibility index (Phi) is 18.0. The van der Waals surface area contributed by atoms with Gasteiger partial charge in [0.1, 0.15) is 0 Å². The van der Waals surface area contributed by atoms with Crippen molar-refractivity contribution in [2.24, 2.45) is 11.8 Å². The molecule has 0 nitrogen and oxygen atoms in total. The molecule has 6 aromatic rings. The molecule has 0 heterocycles. The van der Waals surface area contributed by atoms with Crippen molar-refractivity contribution in [2.45, 2.75) is 93.2 Å². The molecule has 0 aliphatic carbocycles. The van der Waals surface area contributed by atoms with Crippen LogP contribution in [0.1, 0.15) is 89.5 Å². The van der Waals surface area contributed by atoms with Gasteiger partial charge in [-0.2, -0.15) is 12.1 Å². The van der Waals surface area contributed by atoms with E-state index in [1.807, 2.05) is 0 Å². The zero-order valence-electron chi connectivity index (χ0n) is 31.9. The molecule has 2 radical (unpaired) electrons. The summed E-state index contributed by atoms with van der Waals surface area (Å²) in [6, 6.07) is 40.4. The van der Waals surface area contributed by atoms with Gasteiger partial charge in [0.05, 0.1) is 0 Å². The van der Waals surface area contributed by atoms with Crippen LogP contribution in [0.15, 0.2) is 109 Å². The second kappa shape index (κ2) is 21.3. The number of rotatable bonds is 8. The fraction of sp³-hybridized carbons (Fsp3) is 0.348. The minimum absolute atomic E-state index is 0.531. The first-order chi connectivity index (χ1) is 23.9. The fourth-order valence-electron chi connectivity index (χ4n) is 6.72. The third-order valence-electron chi connectivity index (χ3n) is 8.62. The van der Waals surface area contributed by atoms with Crippen molar-refractivity contribution in [3.63, 3.8) is 0 Å². The van der Waals surface area contributed by atoms with Gasteiger partial charge in [-0.05, 0) is 47.6 Å². The SMILES string of the molecule is CC(C)Cc1cc2c(-c3ccccc3)c(C(C)C)ccc2[cH-]1.CC(C)Cc1cc2c(-c3ccccc3)c(C(C)C)ccc2[cH-]1.C[Si]C.[Cl][Zr+2][Cl]. The summed E-state index contributed by atoms with van der Waals surface area (Å²) in [5.41, 5.74) is 11.3. The van der Waals surface area contributed by atoms with Crippen molar-refractivity contribution >= 4 is 48.1 Å². The van der Waals surface area contributed by atoms with Crippen LogP contribution in [0.3, 0.4) is 0 Å². The molecule has 0 fully saturated rings. The van der Waals surface area contributed by atoms with Crippen molar-refractivity contribution in [3.05, 3.63) is 131 Å². The second-order valence-electron chi connectivity index (χ2n) is 14.6. The van der Waals surface area contributed by atoms with E-state index in [1.54, 1.807) is 0 Å². The quantitative estimate of drug-likeness (QED) is 0.106. The van der Waals surface area contributed by atoms with E-state index in [-0.39, 0.29) is 0 Å². The maximum absolute atomic E-state index is 4.93. The molecule has 0 aliphatic rings. The molecule has 0 unspecified atom stereocenters. The van der Waals surface area contributed by atoms with Crippen molar-refractivity contribution < 1.29 is 20.8 Å². The van der Waals surface area contributed by atoms with Gasteiger partial charge < -0.3 is 0 Å². The number of hydrogen-bond acceptors (Lipinski definition) is 0. The van der Waals surface area contributed by atoms with Crippen LogP contribution >= 0.6 is 17.0 Å². The first-order valence-electron chi connectivity index (χ1n) is 18.0. The molecule has 0 aliphatic heterocycles. The Morgan fingerprint density at radius 1 is 0.540 bits per heavy atom. The van der Waals surface area contributed by atoms with E-state index in [9.17, 15) is 0 Å². The van der Waals surface area contributed by atoms with Gasteiger partial charge >= 0.3 is 37.9 Å². The Morgan fingerprint density at radius 3 is 1.14 bits per heavy atom. The average molecular weight is 799 g/mol. The topological polar surface area (TPSA) is 0 Å². The third-order valence-corrected chi connectivity index (χ3v) is 8.62. The van der Waals surface area contributed by atoms with Gasteiger partial charge in [-0.3, -0.25) is 0 Å². The number of hydrogen-bond donors (Lipinski definition) is 0. The number of halogens is 2. The molecule has 6 rings (SSSR count). The van der Waals surface area contributed by atoms with Crippen LogP contribution in [0, 0.1) is 11.8 Å². The fourth-order valence-corrected chi connectivity index (χ4v) is 6.72. The Bertz CT molecular complexity index is 1710. The van der Waals surface area contributed by atoms with E-state index in [0.29, 0.717) is 23.7 Å². The van der Waals surface area contributed by atoms with E-state index < -0.39 is 20.8 Å². The summed E-state index contributed by atoms with van der Waals surface area (Å²) in [6.07, 6.45) is 2.31. The summed E-state index contributed by atoms with van der Waals surface area (Å²) in [5, 5.41) is 5.57. The van der Waals surface area contributed by atoms with Gasteiger partial charge in [-0.25, -0.2) is 0 Å². The van der Waals surface area contributed by atoms with Crippen molar-refractivity contribution in [1.82, 2.24) is 0 Å². The Morgan fingerprint density at radius 2 is 0.860 bits per heavy atom. The Labute approximate surface area is 325 Å². The van der Waals surface area contributed by atoms with E-state index in [4.69, 9.17) is 17.0 Å². The molecule has 262 valence electrons. The van der Waals surface area contributed by atoms with Crippen molar-refractivity contribution in [2.75, 3.05) is 0 Å². The van der Waals surface area contributed by atoms with Gasteiger partial charge in [0.25, 0.3) is 0 Å². The minimum atomic E-state index is -0.826. The predicted molar refractivity (Wildman–Crippen MR) is 224 cm³/mol. The zero-order chi connectivity index (χ0) is 36.8. The van der Waals surface area contributed by atoms with Crippen LogP contribution in [0.5, 0.6) is 0 Å². The van der Waals surface area contributed by atoms with Crippen molar-refractivity contribution in [3.8, 4) is 22.3 Å². The molecule has 0 amide bonds. The Balaban J connectivity index is 0.000000234. The first kappa shape index (κ1) is 42.2. The molecule has 0 spiro atoms. The molecule has 50 heavy (non-hydrogen) atoms. The van der Waals surface area contributed by atoms with Crippen LogP contribution in [-0.4, -0.2) is 9.52 Å². The average Bonchev–Trinajstić information content (AvgIpc) is 3.67.